The van der Waals surface area contributed by atoms with Crippen molar-refractivity contribution < 1.29 is 4.79 Å². The first kappa shape index (κ1) is 14.4. The van der Waals surface area contributed by atoms with Crippen LogP contribution >= 0.6 is 23.2 Å². The smallest absolute Gasteiger partial charge is 0.242 e. The second-order valence-electron chi connectivity index (χ2n) is 5.09. The van der Waals surface area contributed by atoms with E-state index in [9.17, 15) is 4.79 Å². The van der Waals surface area contributed by atoms with Gasteiger partial charge < -0.3 is 10.6 Å². The SMILES string of the molecule is NC1C(=O)N(Cc2ccccc2)C1c1ccc(Cl)cc1Cl. The third kappa shape index (κ3) is 2.64. The molecule has 0 radical (unpaired) electrons. The van der Waals surface area contributed by atoms with Gasteiger partial charge in [0.1, 0.15) is 6.04 Å². The number of nitrogens with two attached hydrogens (primary N) is 1. The van der Waals surface area contributed by atoms with Crippen molar-refractivity contribution in [2.24, 2.45) is 5.73 Å². The molecule has 3 nitrogen and oxygen atoms in total. The number of hydrogen-bond acceptors (Lipinski definition) is 2. The second-order valence-corrected chi connectivity index (χ2v) is 5.93. The molecule has 5 heteroatoms. The molecular formula is C16H14Cl2N2O. The van der Waals surface area contributed by atoms with Gasteiger partial charge in [0.25, 0.3) is 0 Å². The molecule has 1 amide bonds. The molecule has 2 aromatic rings. The maximum atomic E-state index is 12.1. The van der Waals surface area contributed by atoms with E-state index in [0.29, 0.717) is 16.6 Å². The van der Waals surface area contributed by atoms with Gasteiger partial charge in [0.2, 0.25) is 5.91 Å². The predicted molar refractivity (Wildman–Crippen MR) is 84.2 cm³/mol. The molecule has 0 saturated carbocycles. The highest BCUT2D eigenvalue weighted by Crippen LogP contribution is 2.39. The van der Waals surface area contributed by atoms with Crippen molar-refractivity contribution in [3.63, 3.8) is 0 Å². The molecule has 0 bridgehead atoms. The van der Waals surface area contributed by atoms with E-state index in [1.807, 2.05) is 36.4 Å². The Bertz CT molecular complexity index is 675. The normalized spacial score (nSPS) is 21.3. The lowest BCUT2D eigenvalue weighted by atomic mass is 9.88. The molecule has 21 heavy (non-hydrogen) atoms. The van der Waals surface area contributed by atoms with Gasteiger partial charge in [-0.05, 0) is 23.3 Å². The summed E-state index contributed by atoms with van der Waals surface area (Å²) in [7, 11) is 0. The molecule has 1 heterocycles. The Balaban J connectivity index is 1.88. The fourth-order valence-electron chi connectivity index (χ4n) is 2.63. The van der Waals surface area contributed by atoms with E-state index in [1.165, 1.54) is 0 Å². The zero-order valence-corrected chi connectivity index (χ0v) is 12.7. The van der Waals surface area contributed by atoms with Crippen LogP contribution in [-0.4, -0.2) is 16.8 Å². The lowest BCUT2D eigenvalue weighted by Gasteiger charge is -2.46. The highest BCUT2D eigenvalue weighted by molar-refractivity contribution is 6.35. The Hall–Kier alpha value is -1.55. The van der Waals surface area contributed by atoms with Gasteiger partial charge in [-0.2, -0.15) is 0 Å². The molecule has 0 spiro atoms. The summed E-state index contributed by atoms with van der Waals surface area (Å²) in [4.78, 5) is 13.8. The Morgan fingerprint density at radius 1 is 1.10 bits per heavy atom. The zero-order valence-electron chi connectivity index (χ0n) is 11.2. The van der Waals surface area contributed by atoms with Crippen LogP contribution < -0.4 is 5.73 Å². The van der Waals surface area contributed by atoms with E-state index in [0.717, 1.165) is 11.1 Å². The van der Waals surface area contributed by atoms with Crippen LogP contribution in [0.15, 0.2) is 48.5 Å². The average molecular weight is 321 g/mol. The van der Waals surface area contributed by atoms with Gasteiger partial charge in [0.05, 0.1) is 6.04 Å². The number of carbonyl (C=O) groups excluding carboxylic acids is 1. The van der Waals surface area contributed by atoms with Crippen LogP contribution in [-0.2, 0) is 11.3 Å². The molecule has 2 N–H and O–H groups in total. The summed E-state index contributed by atoms with van der Waals surface area (Å²) in [5.74, 6) is -0.0603. The fraction of sp³-hybridized carbons (Fsp3) is 0.188. The minimum Gasteiger partial charge on any atom is -0.328 e. The number of β-lactam (4-membered cyclic amide) rings is 1. The number of amides is 1. The van der Waals surface area contributed by atoms with Gasteiger partial charge in [-0.3, -0.25) is 4.79 Å². The van der Waals surface area contributed by atoms with Crippen LogP contribution in [0.5, 0.6) is 0 Å². The summed E-state index contributed by atoms with van der Waals surface area (Å²) in [6.45, 7) is 0.525. The lowest BCUT2D eigenvalue weighted by molar-refractivity contribution is -0.150. The largest absolute Gasteiger partial charge is 0.328 e. The van der Waals surface area contributed by atoms with Crippen molar-refractivity contribution in [2.75, 3.05) is 0 Å². The summed E-state index contributed by atoms with van der Waals surface area (Å²) >= 11 is 12.2. The molecule has 1 aliphatic rings. The molecule has 2 unspecified atom stereocenters. The molecule has 108 valence electrons. The van der Waals surface area contributed by atoms with E-state index >= 15 is 0 Å². The summed E-state index contributed by atoms with van der Waals surface area (Å²) in [6, 6.07) is 14.3. The maximum Gasteiger partial charge on any atom is 0.242 e. The first-order valence-corrected chi connectivity index (χ1v) is 7.38. The van der Waals surface area contributed by atoms with Crippen molar-refractivity contribution in [1.82, 2.24) is 4.90 Å². The summed E-state index contributed by atoms with van der Waals surface area (Å²) in [6.07, 6.45) is 0. The minimum atomic E-state index is -0.549. The second kappa shape index (κ2) is 5.68. The molecule has 2 aromatic carbocycles. The topological polar surface area (TPSA) is 46.3 Å². The Morgan fingerprint density at radius 3 is 2.48 bits per heavy atom. The third-order valence-electron chi connectivity index (χ3n) is 3.72. The van der Waals surface area contributed by atoms with Gasteiger partial charge in [0.15, 0.2) is 0 Å². The molecule has 0 aromatic heterocycles. The van der Waals surface area contributed by atoms with Crippen molar-refractivity contribution in [3.8, 4) is 0 Å². The van der Waals surface area contributed by atoms with Gasteiger partial charge in [-0.1, -0.05) is 59.6 Å². The van der Waals surface area contributed by atoms with Crippen molar-refractivity contribution in [3.05, 3.63) is 69.7 Å². The average Bonchev–Trinajstić information content (AvgIpc) is 2.49. The minimum absolute atomic E-state index is 0.0603. The van der Waals surface area contributed by atoms with E-state index in [2.05, 4.69) is 0 Å². The molecule has 0 aliphatic carbocycles. The predicted octanol–water partition coefficient (Wildman–Crippen LogP) is 3.40. The molecule has 1 fully saturated rings. The highest BCUT2D eigenvalue weighted by atomic mass is 35.5. The van der Waals surface area contributed by atoms with Crippen LogP contribution in [0.1, 0.15) is 17.2 Å². The van der Waals surface area contributed by atoms with Gasteiger partial charge in [0, 0.05) is 16.6 Å². The Morgan fingerprint density at radius 2 is 1.81 bits per heavy atom. The molecule has 3 rings (SSSR count). The molecule has 1 aliphatic heterocycles. The van der Waals surface area contributed by atoms with E-state index in [1.54, 1.807) is 17.0 Å². The van der Waals surface area contributed by atoms with E-state index < -0.39 is 6.04 Å². The van der Waals surface area contributed by atoms with Gasteiger partial charge in [-0.25, -0.2) is 0 Å². The van der Waals surface area contributed by atoms with Crippen LogP contribution in [0.4, 0.5) is 0 Å². The molecule has 2 atom stereocenters. The molecule has 1 saturated heterocycles. The number of rotatable bonds is 3. The number of hydrogen-bond donors (Lipinski definition) is 1. The molecular weight excluding hydrogens is 307 g/mol. The first-order valence-electron chi connectivity index (χ1n) is 6.63. The van der Waals surface area contributed by atoms with Crippen molar-refractivity contribution >= 4 is 29.1 Å². The van der Waals surface area contributed by atoms with Crippen LogP contribution in [0.2, 0.25) is 10.0 Å². The van der Waals surface area contributed by atoms with Crippen molar-refractivity contribution in [1.29, 1.82) is 0 Å². The number of benzene rings is 2. The number of carbonyl (C=O) groups is 1. The number of halogens is 2. The fourth-order valence-corrected chi connectivity index (χ4v) is 3.15. The van der Waals surface area contributed by atoms with Crippen LogP contribution in [0, 0.1) is 0 Å². The van der Waals surface area contributed by atoms with Crippen LogP contribution in [0.25, 0.3) is 0 Å². The standard InChI is InChI=1S/C16H14Cl2N2O/c17-11-6-7-12(13(18)8-11)15-14(19)16(21)20(15)9-10-4-2-1-3-5-10/h1-8,14-15H,9,19H2. The maximum absolute atomic E-state index is 12.1. The third-order valence-corrected chi connectivity index (χ3v) is 4.28. The Labute approximate surface area is 133 Å². The van der Waals surface area contributed by atoms with E-state index in [4.69, 9.17) is 28.9 Å². The number of likely N-dealkylation sites (tertiary alicyclic amines) is 1. The van der Waals surface area contributed by atoms with Gasteiger partial charge in [-0.15, -0.1) is 0 Å². The monoisotopic (exact) mass is 320 g/mol. The van der Waals surface area contributed by atoms with Crippen molar-refractivity contribution in [2.45, 2.75) is 18.6 Å². The lowest BCUT2D eigenvalue weighted by Crippen LogP contribution is -2.62. The highest BCUT2D eigenvalue weighted by Gasteiger charge is 2.46. The number of nitrogens with zero attached hydrogens (tertiary/aromatic N) is 1. The van der Waals surface area contributed by atoms with Crippen LogP contribution in [0.3, 0.4) is 0 Å². The summed E-state index contributed by atoms with van der Waals surface area (Å²) in [5, 5.41) is 1.10. The summed E-state index contributed by atoms with van der Waals surface area (Å²) < 4.78 is 0. The summed E-state index contributed by atoms with van der Waals surface area (Å²) in [5.41, 5.74) is 7.87. The van der Waals surface area contributed by atoms with E-state index in [-0.39, 0.29) is 11.9 Å². The quantitative estimate of drug-likeness (QED) is 0.881. The van der Waals surface area contributed by atoms with Gasteiger partial charge >= 0.3 is 0 Å². The first-order chi connectivity index (χ1) is 10.1. The Kier molecular flexibility index (Phi) is 3.89. The zero-order chi connectivity index (χ0) is 15.0.